The van der Waals surface area contributed by atoms with Crippen molar-refractivity contribution in [3.8, 4) is 0 Å². The highest BCUT2D eigenvalue weighted by atomic mass is 32.2. The van der Waals surface area contributed by atoms with Gasteiger partial charge in [0.2, 0.25) is 0 Å². The van der Waals surface area contributed by atoms with Crippen molar-refractivity contribution in [3.05, 3.63) is 42.1 Å². The molecule has 0 saturated carbocycles. The zero-order chi connectivity index (χ0) is 13.7. The predicted molar refractivity (Wildman–Crippen MR) is 85.0 cm³/mol. The molecule has 0 aliphatic carbocycles. The molecule has 0 radical (unpaired) electrons. The summed E-state index contributed by atoms with van der Waals surface area (Å²) < 4.78 is 0. The van der Waals surface area contributed by atoms with Gasteiger partial charge in [-0.15, -0.1) is 0 Å². The first-order valence-electron chi connectivity index (χ1n) is 6.30. The van der Waals surface area contributed by atoms with E-state index in [9.17, 15) is 0 Å². The molecule has 4 heteroatoms. The number of aliphatic imine (C=N–C) groups is 1. The van der Waals surface area contributed by atoms with E-state index in [-0.39, 0.29) is 0 Å². The molecular weight excluding hydrogens is 254 g/mol. The van der Waals surface area contributed by atoms with Crippen molar-refractivity contribution in [2.24, 2.45) is 4.99 Å². The first kappa shape index (κ1) is 13.9. The van der Waals surface area contributed by atoms with Crippen LogP contribution in [0, 0.1) is 0 Å². The molecule has 0 aliphatic rings. The molecule has 2 aromatic rings. The number of nitrogens with zero attached hydrogens (tertiary/aromatic N) is 3. The Balaban J connectivity index is 2.05. The van der Waals surface area contributed by atoms with E-state index in [0.29, 0.717) is 0 Å². The summed E-state index contributed by atoms with van der Waals surface area (Å²) in [6, 6.07) is 10.4. The van der Waals surface area contributed by atoms with Gasteiger partial charge in [-0.2, -0.15) is 0 Å². The van der Waals surface area contributed by atoms with Gasteiger partial charge in [-0.3, -0.25) is 9.98 Å². The maximum absolute atomic E-state index is 4.59. The number of para-hydroxylation sites is 1. The van der Waals surface area contributed by atoms with Crippen LogP contribution < -0.4 is 0 Å². The van der Waals surface area contributed by atoms with Crippen LogP contribution in [0.15, 0.2) is 41.5 Å². The highest BCUT2D eigenvalue weighted by Crippen LogP contribution is 2.13. The molecule has 0 saturated heterocycles. The van der Waals surface area contributed by atoms with Crippen LogP contribution in [0.2, 0.25) is 0 Å². The lowest BCUT2D eigenvalue weighted by atomic mass is 10.1. The van der Waals surface area contributed by atoms with E-state index in [1.807, 2.05) is 43.4 Å². The van der Waals surface area contributed by atoms with Crippen LogP contribution in [0.25, 0.3) is 10.9 Å². The third-order valence-corrected chi connectivity index (χ3v) is 3.72. The fourth-order valence-electron chi connectivity index (χ4n) is 1.92. The standard InChI is InChI=1S/C15H19N3S/c1-18(2)15(19-3)16-9-8-12-10-13-6-4-5-7-14(13)17-11-12/h4-7,10-11H,8-9H2,1-3H3. The fraction of sp³-hybridized carbons (Fsp3) is 0.333. The van der Waals surface area contributed by atoms with Crippen molar-refractivity contribution in [1.82, 2.24) is 9.88 Å². The van der Waals surface area contributed by atoms with Crippen molar-refractivity contribution < 1.29 is 0 Å². The van der Waals surface area contributed by atoms with E-state index in [4.69, 9.17) is 0 Å². The third-order valence-electron chi connectivity index (χ3n) is 2.86. The van der Waals surface area contributed by atoms with Crippen molar-refractivity contribution in [2.45, 2.75) is 6.42 Å². The van der Waals surface area contributed by atoms with Gasteiger partial charge in [-0.1, -0.05) is 30.0 Å². The first-order valence-corrected chi connectivity index (χ1v) is 7.52. The zero-order valence-electron chi connectivity index (χ0n) is 11.6. The van der Waals surface area contributed by atoms with E-state index in [1.54, 1.807) is 11.8 Å². The number of amidine groups is 1. The highest BCUT2D eigenvalue weighted by Gasteiger charge is 2.00. The normalized spacial score (nSPS) is 11.8. The molecule has 0 atom stereocenters. The Morgan fingerprint density at radius 1 is 1.32 bits per heavy atom. The second-order valence-electron chi connectivity index (χ2n) is 4.55. The van der Waals surface area contributed by atoms with Gasteiger partial charge >= 0.3 is 0 Å². The number of hydrogen-bond donors (Lipinski definition) is 0. The minimum atomic E-state index is 0.800. The molecule has 0 N–H and O–H groups in total. The van der Waals surface area contributed by atoms with E-state index >= 15 is 0 Å². The van der Waals surface area contributed by atoms with Gasteiger partial charge in [0.1, 0.15) is 0 Å². The second-order valence-corrected chi connectivity index (χ2v) is 5.32. The average Bonchev–Trinajstić information content (AvgIpc) is 2.43. The summed E-state index contributed by atoms with van der Waals surface area (Å²) in [5.41, 5.74) is 2.29. The van der Waals surface area contributed by atoms with Gasteiger partial charge in [0, 0.05) is 32.2 Å². The summed E-state index contributed by atoms with van der Waals surface area (Å²) >= 11 is 1.68. The predicted octanol–water partition coefficient (Wildman–Crippen LogP) is 3.06. The third kappa shape index (κ3) is 3.70. The molecule has 0 bridgehead atoms. The summed E-state index contributed by atoms with van der Waals surface area (Å²) in [5, 5.41) is 2.26. The van der Waals surface area contributed by atoms with Crippen LogP contribution >= 0.6 is 11.8 Å². The largest absolute Gasteiger partial charge is 0.358 e. The number of pyridine rings is 1. The highest BCUT2D eigenvalue weighted by molar-refractivity contribution is 8.13. The lowest BCUT2D eigenvalue weighted by Gasteiger charge is -2.12. The quantitative estimate of drug-likeness (QED) is 0.635. The number of thioether (sulfide) groups is 1. The smallest absolute Gasteiger partial charge is 0.158 e. The minimum Gasteiger partial charge on any atom is -0.358 e. The van der Waals surface area contributed by atoms with Gasteiger partial charge in [0.25, 0.3) is 0 Å². The molecule has 0 spiro atoms. The maximum Gasteiger partial charge on any atom is 0.158 e. The molecule has 0 fully saturated rings. The van der Waals surface area contributed by atoms with E-state index in [1.165, 1.54) is 10.9 Å². The molecule has 3 nitrogen and oxygen atoms in total. The Labute approximate surface area is 118 Å². The topological polar surface area (TPSA) is 28.5 Å². The Morgan fingerprint density at radius 2 is 2.11 bits per heavy atom. The van der Waals surface area contributed by atoms with Gasteiger partial charge in [0.05, 0.1) is 5.52 Å². The van der Waals surface area contributed by atoms with Gasteiger partial charge < -0.3 is 4.90 Å². The van der Waals surface area contributed by atoms with Gasteiger partial charge in [-0.25, -0.2) is 0 Å². The van der Waals surface area contributed by atoms with E-state index < -0.39 is 0 Å². The van der Waals surface area contributed by atoms with E-state index in [2.05, 4.69) is 28.4 Å². The summed E-state index contributed by atoms with van der Waals surface area (Å²) in [7, 11) is 4.04. The Kier molecular flexibility index (Phi) is 4.80. The summed E-state index contributed by atoms with van der Waals surface area (Å²) in [4.78, 5) is 11.1. The van der Waals surface area contributed by atoms with Crippen LogP contribution in [0.3, 0.4) is 0 Å². The van der Waals surface area contributed by atoms with Gasteiger partial charge in [-0.05, 0) is 30.4 Å². The molecule has 1 aromatic heterocycles. The summed E-state index contributed by atoms with van der Waals surface area (Å²) in [6.07, 6.45) is 4.93. The minimum absolute atomic E-state index is 0.800. The molecule has 1 aromatic carbocycles. The number of rotatable bonds is 3. The molecule has 1 heterocycles. The number of fused-ring (bicyclic) bond motifs is 1. The lowest BCUT2D eigenvalue weighted by molar-refractivity contribution is 0.632. The maximum atomic E-state index is 4.59. The Hall–Kier alpha value is -1.55. The van der Waals surface area contributed by atoms with Crippen molar-refractivity contribution >= 4 is 27.8 Å². The fourth-order valence-corrected chi connectivity index (χ4v) is 2.51. The number of benzene rings is 1. The first-order chi connectivity index (χ1) is 9.20. The second kappa shape index (κ2) is 6.57. The number of hydrogen-bond acceptors (Lipinski definition) is 3. The van der Waals surface area contributed by atoms with Crippen molar-refractivity contribution in [2.75, 3.05) is 26.9 Å². The molecule has 0 amide bonds. The van der Waals surface area contributed by atoms with Crippen LogP contribution in [-0.4, -0.2) is 41.9 Å². The summed E-state index contributed by atoms with van der Waals surface area (Å²) in [5.74, 6) is 0. The molecule has 0 aliphatic heterocycles. The molecule has 100 valence electrons. The summed E-state index contributed by atoms with van der Waals surface area (Å²) in [6.45, 7) is 0.800. The zero-order valence-corrected chi connectivity index (χ0v) is 12.4. The van der Waals surface area contributed by atoms with Gasteiger partial charge in [0.15, 0.2) is 5.17 Å². The van der Waals surface area contributed by atoms with E-state index in [0.717, 1.165) is 23.6 Å². The monoisotopic (exact) mass is 273 g/mol. The molecule has 19 heavy (non-hydrogen) atoms. The molecule has 2 rings (SSSR count). The lowest BCUT2D eigenvalue weighted by Crippen LogP contribution is -2.18. The Morgan fingerprint density at radius 3 is 2.84 bits per heavy atom. The molecular formula is C15H19N3S. The molecule has 0 unspecified atom stereocenters. The van der Waals surface area contributed by atoms with Crippen LogP contribution in [0.1, 0.15) is 5.56 Å². The van der Waals surface area contributed by atoms with Crippen LogP contribution in [0.5, 0.6) is 0 Å². The van der Waals surface area contributed by atoms with Crippen molar-refractivity contribution in [3.63, 3.8) is 0 Å². The van der Waals surface area contributed by atoms with Crippen LogP contribution in [-0.2, 0) is 6.42 Å². The average molecular weight is 273 g/mol. The SMILES string of the molecule is CSC(=NCCc1cnc2ccccc2c1)N(C)C. The Bertz CT molecular complexity index is 578. The van der Waals surface area contributed by atoms with Crippen molar-refractivity contribution in [1.29, 1.82) is 0 Å². The number of aromatic nitrogens is 1. The van der Waals surface area contributed by atoms with Crippen LogP contribution in [0.4, 0.5) is 0 Å².